The van der Waals surface area contributed by atoms with E-state index in [0.717, 1.165) is 29.7 Å². The third kappa shape index (κ3) is 3.65. The van der Waals surface area contributed by atoms with Crippen molar-refractivity contribution < 1.29 is 0 Å². The van der Waals surface area contributed by atoms with Gasteiger partial charge in [0.2, 0.25) is 0 Å². The number of hydrogen-bond acceptors (Lipinski definition) is 1. The van der Waals surface area contributed by atoms with Crippen LogP contribution in [0.15, 0.2) is 72.1 Å². The second-order valence-electron chi connectivity index (χ2n) is 6.13. The second-order valence-corrected chi connectivity index (χ2v) is 7.08. The molecule has 0 bridgehead atoms. The van der Waals surface area contributed by atoms with Crippen molar-refractivity contribution in [3.8, 4) is 23.7 Å². The first-order valence-corrected chi connectivity index (χ1v) is 9.71. The van der Waals surface area contributed by atoms with Gasteiger partial charge in [-0.1, -0.05) is 78.3 Å². The van der Waals surface area contributed by atoms with Crippen LogP contribution in [0.1, 0.15) is 29.7 Å². The Morgan fingerprint density at radius 2 is 1.35 bits per heavy atom. The van der Waals surface area contributed by atoms with E-state index < -0.39 is 0 Å². The summed E-state index contributed by atoms with van der Waals surface area (Å²) in [4.78, 5) is 1.14. The first-order chi connectivity index (χ1) is 12.9. The summed E-state index contributed by atoms with van der Waals surface area (Å²) in [6, 6.07) is 23.3. The summed E-state index contributed by atoms with van der Waals surface area (Å²) >= 11 is 1.69. The Bertz CT molecular complexity index is 1100. The normalized spacial score (nSPS) is 10.2. The molecule has 0 saturated heterocycles. The van der Waals surface area contributed by atoms with Gasteiger partial charge in [-0.05, 0) is 45.5 Å². The van der Waals surface area contributed by atoms with Crippen molar-refractivity contribution in [2.45, 2.75) is 19.3 Å². The molecule has 1 heteroatoms. The van der Waals surface area contributed by atoms with E-state index in [0.29, 0.717) is 0 Å². The summed E-state index contributed by atoms with van der Waals surface area (Å²) in [7, 11) is 0. The highest BCUT2D eigenvalue weighted by molar-refractivity contribution is 7.10. The molecule has 0 nitrogen and oxygen atoms in total. The molecule has 0 unspecified atom stereocenters. The number of unbranched alkanes of at least 4 members (excludes halogenated alkanes) is 2. The molecule has 0 aliphatic rings. The third-order valence-corrected chi connectivity index (χ3v) is 5.11. The van der Waals surface area contributed by atoms with Gasteiger partial charge in [-0.25, -0.2) is 0 Å². The standard InChI is InChI=1S/C25H18S/c1(2-4-13-22-14-10-18-26-22)3-5-17-25-23-15-8-6-11-20(23)19-21-12-7-9-16-24(21)25/h6-12,14-16,18-19H,1-3H2. The van der Waals surface area contributed by atoms with Gasteiger partial charge >= 0.3 is 0 Å². The maximum Gasteiger partial charge on any atom is 0.0768 e. The summed E-state index contributed by atoms with van der Waals surface area (Å²) in [5, 5.41) is 7.02. The van der Waals surface area contributed by atoms with Gasteiger partial charge in [0.1, 0.15) is 0 Å². The van der Waals surface area contributed by atoms with Crippen LogP contribution in [0.25, 0.3) is 21.5 Å². The molecule has 1 heterocycles. The average molecular weight is 350 g/mol. The minimum absolute atomic E-state index is 0.872. The molecule has 3 aromatic carbocycles. The fraction of sp³-hybridized carbons (Fsp3) is 0.120. The van der Waals surface area contributed by atoms with Crippen molar-refractivity contribution in [1.82, 2.24) is 0 Å². The van der Waals surface area contributed by atoms with Gasteiger partial charge < -0.3 is 0 Å². The number of benzene rings is 3. The lowest BCUT2D eigenvalue weighted by Gasteiger charge is -2.06. The molecule has 0 amide bonds. The number of rotatable bonds is 2. The van der Waals surface area contributed by atoms with Gasteiger partial charge in [-0.15, -0.1) is 11.3 Å². The minimum atomic E-state index is 0.872. The van der Waals surface area contributed by atoms with Crippen molar-refractivity contribution in [1.29, 1.82) is 0 Å². The lowest BCUT2D eigenvalue weighted by atomic mass is 9.97. The zero-order valence-electron chi connectivity index (χ0n) is 14.5. The average Bonchev–Trinajstić information content (AvgIpc) is 3.20. The fourth-order valence-corrected chi connectivity index (χ4v) is 3.66. The van der Waals surface area contributed by atoms with Gasteiger partial charge in [0.05, 0.1) is 4.88 Å². The van der Waals surface area contributed by atoms with Gasteiger partial charge in [-0.3, -0.25) is 0 Å². The number of hydrogen-bond donors (Lipinski definition) is 0. The zero-order chi connectivity index (χ0) is 17.6. The van der Waals surface area contributed by atoms with E-state index in [2.05, 4.69) is 89.7 Å². The van der Waals surface area contributed by atoms with E-state index in [9.17, 15) is 0 Å². The van der Waals surface area contributed by atoms with Gasteiger partial charge in [-0.2, -0.15) is 0 Å². The van der Waals surface area contributed by atoms with E-state index in [1.54, 1.807) is 11.3 Å². The number of thiophene rings is 1. The molecule has 4 aromatic rings. The molecule has 0 saturated carbocycles. The molecule has 26 heavy (non-hydrogen) atoms. The van der Waals surface area contributed by atoms with E-state index >= 15 is 0 Å². The highest BCUT2D eigenvalue weighted by Crippen LogP contribution is 2.27. The molecular formula is C25H18S. The Morgan fingerprint density at radius 3 is 2.00 bits per heavy atom. The summed E-state index contributed by atoms with van der Waals surface area (Å²) in [5.74, 6) is 13.2. The predicted molar refractivity (Wildman–Crippen MR) is 113 cm³/mol. The molecule has 124 valence electrons. The Hall–Kier alpha value is -3.00. The smallest absolute Gasteiger partial charge is 0.0768 e. The van der Waals surface area contributed by atoms with Crippen LogP contribution in [0.3, 0.4) is 0 Å². The quantitative estimate of drug-likeness (QED) is 0.216. The molecular weight excluding hydrogens is 332 g/mol. The van der Waals surface area contributed by atoms with Crippen LogP contribution in [0.4, 0.5) is 0 Å². The van der Waals surface area contributed by atoms with Crippen molar-refractivity contribution >= 4 is 32.9 Å². The first-order valence-electron chi connectivity index (χ1n) is 8.83. The maximum absolute atomic E-state index is 3.44. The molecule has 0 spiro atoms. The van der Waals surface area contributed by atoms with Crippen LogP contribution in [-0.4, -0.2) is 0 Å². The van der Waals surface area contributed by atoms with Gasteiger partial charge in [0, 0.05) is 18.4 Å². The predicted octanol–water partition coefficient (Wildman–Crippen LogP) is 6.63. The van der Waals surface area contributed by atoms with Crippen LogP contribution < -0.4 is 0 Å². The van der Waals surface area contributed by atoms with Crippen LogP contribution in [0.5, 0.6) is 0 Å². The Morgan fingerprint density at radius 1 is 0.692 bits per heavy atom. The second kappa shape index (κ2) is 7.92. The highest BCUT2D eigenvalue weighted by Gasteiger charge is 2.04. The van der Waals surface area contributed by atoms with Crippen molar-refractivity contribution in [2.75, 3.05) is 0 Å². The van der Waals surface area contributed by atoms with Crippen LogP contribution in [0, 0.1) is 23.7 Å². The maximum atomic E-state index is 3.44. The minimum Gasteiger partial charge on any atom is -0.135 e. The largest absolute Gasteiger partial charge is 0.135 e. The first kappa shape index (κ1) is 16.5. The van der Waals surface area contributed by atoms with Crippen molar-refractivity contribution in [3.05, 3.63) is 82.6 Å². The molecule has 0 radical (unpaired) electrons. The highest BCUT2D eigenvalue weighted by atomic mass is 32.1. The van der Waals surface area contributed by atoms with Crippen LogP contribution in [0.2, 0.25) is 0 Å². The molecule has 4 rings (SSSR count). The third-order valence-electron chi connectivity index (χ3n) is 4.32. The molecule has 0 N–H and O–H groups in total. The van der Waals surface area contributed by atoms with E-state index in [1.807, 2.05) is 6.07 Å². The van der Waals surface area contributed by atoms with E-state index in [4.69, 9.17) is 0 Å². The molecule has 0 aliphatic heterocycles. The fourth-order valence-electron chi connectivity index (χ4n) is 3.06. The Kier molecular flexibility index (Phi) is 5.02. The van der Waals surface area contributed by atoms with Crippen LogP contribution >= 0.6 is 11.3 Å². The lowest BCUT2D eigenvalue weighted by molar-refractivity contribution is 0.903. The van der Waals surface area contributed by atoms with Gasteiger partial charge in [0.15, 0.2) is 0 Å². The zero-order valence-corrected chi connectivity index (χ0v) is 15.3. The van der Waals surface area contributed by atoms with Crippen molar-refractivity contribution in [3.63, 3.8) is 0 Å². The SMILES string of the molecule is C(#Cc1cccs1)CCCC#Cc1c2ccccc2cc2ccccc12. The van der Waals surface area contributed by atoms with E-state index in [1.165, 1.54) is 21.5 Å². The molecule has 0 atom stereocenters. The lowest BCUT2D eigenvalue weighted by Crippen LogP contribution is -1.84. The number of fused-ring (bicyclic) bond motifs is 2. The van der Waals surface area contributed by atoms with Crippen molar-refractivity contribution in [2.24, 2.45) is 0 Å². The Labute approximate surface area is 158 Å². The Balaban J connectivity index is 1.54. The molecule has 1 aromatic heterocycles. The van der Waals surface area contributed by atoms with Crippen LogP contribution in [-0.2, 0) is 0 Å². The van der Waals surface area contributed by atoms with E-state index in [-0.39, 0.29) is 0 Å². The summed E-state index contributed by atoms with van der Waals surface area (Å²) in [6.07, 6.45) is 2.77. The van der Waals surface area contributed by atoms with Gasteiger partial charge in [0.25, 0.3) is 0 Å². The molecule has 0 aliphatic carbocycles. The summed E-state index contributed by atoms with van der Waals surface area (Å²) < 4.78 is 0. The summed E-state index contributed by atoms with van der Waals surface area (Å²) in [6.45, 7) is 0. The summed E-state index contributed by atoms with van der Waals surface area (Å²) in [5.41, 5.74) is 1.14. The monoisotopic (exact) mass is 350 g/mol. The molecule has 0 fully saturated rings. The topological polar surface area (TPSA) is 0 Å².